The third-order valence-electron chi connectivity index (χ3n) is 5.47. The fourth-order valence-corrected chi connectivity index (χ4v) is 4.66. The van der Waals surface area contributed by atoms with Crippen LogP contribution in [0.1, 0.15) is 63.5 Å². The van der Waals surface area contributed by atoms with Crippen LogP contribution < -0.4 is 4.90 Å². The largest absolute Gasteiger partial charge is 0.416 e. The minimum Gasteiger partial charge on any atom is -0.274 e. The smallest absolute Gasteiger partial charge is 0.274 e. The van der Waals surface area contributed by atoms with Crippen LogP contribution in [0.5, 0.6) is 0 Å². The van der Waals surface area contributed by atoms with E-state index in [4.69, 9.17) is 0 Å². The van der Waals surface area contributed by atoms with Gasteiger partial charge in [0.05, 0.1) is 11.3 Å². The number of aromatic nitrogens is 2. The third kappa shape index (κ3) is 6.40. The predicted octanol–water partition coefficient (Wildman–Crippen LogP) is 7.95. The SMILES string of the molecule is CCCCCCCCc1ccc(N(C(C)=O)c2nc(-c3cccnc3)c(F)s2)cc1C(F)(F)F. The molecule has 0 atom stereocenters. The summed E-state index contributed by atoms with van der Waals surface area (Å²) in [6, 6.07) is 7.07. The molecule has 0 saturated carbocycles. The summed E-state index contributed by atoms with van der Waals surface area (Å²) < 4.78 is 56.3. The van der Waals surface area contributed by atoms with E-state index in [0.717, 1.165) is 43.1 Å². The molecule has 0 saturated heterocycles. The summed E-state index contributed by atoms with van der Waals surface area (Å²) in [5, 5.41) is -0.689. The lowest BCUT2D eigenvalue weighted by Gasteiger charge is -2.21. The first-order chi connectivity index (χ1) is 16.2. The van der Waals surface area contributed by atoms with E-state index < -0.39 is 22.8 Å². The molecule has 0 N–H and O–H groups in total. The summed E-state index contributed by atoms with van der Waals surface area (Å²) in [6.07, 6.45) is 4.54. The molecule has 4 nitrogen and oxygen atoms in total. The van der Waals surface area contributed by atoms with Gasteiger partial charge in [0.1, 0.15) is 5.69 Å². The number of rotatable bonds is 10. The molecule has 0 spiro atoms. The second-order valence-electron chi connectivity index (χ2n) is 8.07. The molecule has 0 aliphatic rings. The average Bonchev–Trinajstić information content (AvgIpc) is 3.17. The quantitative estimate of drug-likeness (QED) is 0.213. The van der Waals surface area contributed by atoms with Gasteiger partial charge in [-0.25, -0.2) is 4.98 Å². The van der Waals surface area contributed by atoms with Crippen molar-refractivity contribution in [3.63, 3.8) is 0 Å². The van der Waals surface area contributed by atoms with Gasteiger partial charge in [-0.05, 0) is 42.7 Å². The zero-order valence-electron chi connectivity index (χ0n) is 19.2. The van der Waals surface area contributed by atoms with E-state index in [9.17, 15) is 22.4 Å². The van der Waals surface area contributed by atoms with Crippen molar-refractivity contribution in [2.75, 3.05) is 4.90 Å². The zero-order chi connectivity index (χ0) is 24.7. The van der Waals surface area contributed by atoms with Gasteiger partial charge in [0.15, 0.2) is 5.13 Å². The molecule has 3 rings (SSSR count). The van der Waals surface area contributed by atoms with E-state index in [1.54, 1.807) is 12.1 Å². The summed E-state index contributed by atoms with van der Waals surface area (Å²) in [7, 11) is 0. The lowest BCUT2D eigenvalue weighted by atomic mass is 9.99. The number of halogens is 4. The molecule has 2 aromatic heterocycles. The van der Waals surface area contributed by atoms with Crippen molar-refractivity contribution >= 4 is 28.1 Å². The molecule has 0 unspecified atom stereocenters. The fourth-order valence-electron chi connectivity index (χ4n) is 3.78. The monoisotopic (exact) mass is 493 g/mol. The standard InChI is InChI=1S/C25H27F4N3OS/c1-3-4-5-6-7-8-10-18-12-13-20(15-21(18)25(27,28)29)32(17(2)33)24-31-22(23(26)34-24)19-11-9-14-30-16-19/h9,11-16H,3-8,10H2,1-2H3. The van der Waals surface area contributed by atoms with Crippen LogP contribution in [0.4, 0.5) is 28.4 Å². The van der Waals surface area contributed by atoms with E-state index >= 15 is 0 Å². The van der Waals surface area contributed by atoms with Crippen LogP contribution in [0.3, 0.4) is 0 Å². The maximum absolute atomic E-state index is 14.6. The average molecular weight is 494 g/mol. The maximum atomic E-state index is 14.6. The topological polar surface area (TPSA) is 46.1 Å². The number of unbranched alkanes of at least 4 members (excludes halogenated alkanes) is 5. The molecule has 9 heteroatoms. The van der Waals surface area contributed by atoms with Crippen LogP contribution in [0.25, 0.3) is 11.3 Å². The highest BCUT2D eigenvalue weighted by Crippen LogP contribution is 2.39. The van der Waals surface area contributed by atoms with Crippen molar-refractivity contribution < 1.29 is 22.4 Å². The Morgan fingerprint density at radius 3 is 2.47 bits per heavy atom. The first-order valence-corrected chi connectivity index (χ1v) is 12.1. The van der Waals surface area contributed by atoms with Crippen LogP contribution in [0.15, 0.2) is 42.7 Å². The van der Waals surface area contributed by atoms with E-state index in [-0.39, 0.29) is 22.1 Å². The molecule has 0 aliphatic carbocycles. The number of thiazole rings is 1. The maximum Gasteiger partial charge on any atom is 0.416 e. The molecule has 1 amide bonds. The van der Waals surface area contributed by atoms with Gasteiger partial charge in [0.2, 0.25) is 11.0 Å². The Kier molecular flexibility index (Phi) is 8.77. The number of hydrogen-bond acceptors (Lipinski definition) is 4. The fraction of sp³-hybridized carbons (Fsp3) is 0.400. The number of amides is 1. The van der Waals surface area contributed by atoms with Crippen LogP contribution in [0, 0.1) is 5.13 Å². The highest BCUT2D eigenvalue weighted by molar-refractivity contribution is 7.14. The Morgan fingerprint density at radius 2 is 1.82 bits per heavy atom. The van der Waals surface area contributed by atoms with E-state index in [1.165, 1.54) is 31.5 Å². The van der Waals surface area contributed by atoms with Crippen LogP contribution >= 0.6 is 11.3 Å². The number of aryl methyl sites for hydroxylation is 1. The van der Waals surface area contributed by atoms with Gasteiger partial charge in [-0.15, -0.1) is 0 Å². The minimum atomic E-state index is -4.58. The summed E-state index contributed by atoms with van der Waals surface area (Å²) in [4.78, 5) is 21.6. The molecule has 0 bridgehead atoms. The van der Waals surface area contributed by atoms with Gasteiger partial charge in [-0.1, -0.05) is 56.4 Å². The van der Waals surface area contributed by atoms with Crippen molar-refractivity contribution in [3.05, 3.63) is 59.0 Å². The van der Waals surface area contributed by atoms with Crippen LogP contribution in [0.2, 0.25) is 0 Å². The molecule has 0 fully saturated rings. The van der Waals surface area contributed by atoms with Crippen LogP contribution in [-0.4, -0.2) is 15.9 Å². The molecular weight excluding hydrogens is 466 g/mol. The minimum absolute atomic E-state index is 0.00184. The lowest BCUT2D eigenvalue weighted by molar-refractivity contribution is -0.138. The number of alkyl halides is 3. The molecule has 3 aromatic rings. The Labute approximate surface area is 200 Å². The van der Waals surface area contributed by atoms with Gasteiger partial charge in [-0.3, -0.25) is 14.7 Å². The second kappa shape index (κ2) is 11.6. The van der Waals surface area contributed by atoms with Crippen molar-refractivity contribution in [1.29, 1.82) is 0 Å². The Hall–Kier alpha value is -2.81. The number of carbonyl (C=O) groups is 1. The summed E-state index contributed by atoms with van der Waals surface area (Å²) >= 11 is 0.600. The van der Waals surface area contributed by atoms with E-state index in [0.29, 0.717) is 29.7 Å². The Bertz CT molecular complexity index is 1100. The highest BCUT2D eigenvalue weighted by atomic mass is 32.1. The molecule has 2 heterocycles. The number of benzene rings is 1. The van der Waals surface area contributed by atoms with E-state index in [1.807, 2.05) is 0 Å². The molecule has 0 radical (unpaired) electrons. The molecular formula is C25H27F4N3OS. The van der Waals surface area contributed by atoms with Gasteiger partial charge in [-0.2, -0.15) is 17.6 Å². The van der Waals surface area contributed by atoms with Gasteiger partial charge in [0, 0.05) is 24.9 Å². The number of pyridine rings is 1. The van der Waals surface area contributed by atoms with Crippen molar-refractivity contribution in [2.45, 2.75) is 65.0 Å². The van der Waals surface area contributed by atoms with Crippen molar-refractivity contribution in [1.82, 2.24) is 9.97 Å². The predicted molar refractivity (Wildman–Crippen MR) is 127 cm³/mol. The normalized spacial score (nSPS) is 11.6. The van der Waals surface area contributed by atoms with E-state index in [2.05, 4.69) is 16.9 Å². The van der Waals surface area contributed by atoms with Crippen molar-refractivity contribution in [2.24, 2.45) is 0 Å². The number of nitrogens with zero attached hydrogens (tertiary/aromatic N) is 3. The summed E-state index contributed by atoms with van der Waals surface area (Å²) in [5.74, 6) is -0.566. The first-order valence-electron chi connectivity index (χ1n) is 11.3. The molecule has 0 aliphatic heterocycles. The van der Waals surface area contributed by atoms with Crippen molar-refractivity contribution in [3.8, 4) is 11.3 Å². The Morgan fingerprint density at radius 1 is 1.09 bits per heavy atom. The molecule has 1 aromatic carbocycles. The van der Waals surface area contributed by atoms with Gasteiger partial charge < -0.3 is 0 Å². The summed E-state index contributed by atoms with van der Waals surface area (Å²) in [5.41, 5.74) is -0.185. The second-order valence-corrected chi connectivity index (χ2v) is 9.00. The zero-order valence-corrected chi connectivity index (χ0v) is 20.0. The van der Waals surface area contributed by atoms with Gasteiger partial charge in [0.25, 0.3) is 0 Å². The number of hydrogen-bond donors (Lipinski definition) is 0. The first kappa shape index (κ1) is 25.8. The Balaban J connectivity index is 1.90. The highest BCUT2D eigenvalue weighted by Gasteiger charge is 2.34. The number of anilines is 2. The molecule has 34 heavy (non-hydrogen) atoms. The molecule has 182 valence electrons. The lowest BCUT2D eigenvalue weighted by Crippen LogP contribution is -2.23. The van der Waals surface area contributed by atoms with Gasteiger partial charge >= 0.3 is 6.18 Å². The number of carbonyl (C=O) groups excluding carboxylic acids is 1. The van der Waals surface area contributed by atoms with Crippen LogP contribution in [-0.2, 0) is 17.4 Å². The third-order valence-corrected chi connectivity index (χ3v) is 6.30. The summed E-state index contributed by atoms with van der Waals surface area (Å²) in [6.45, 7) is 3.32.